The number of carbonyl (C=O) groups excluding carboxylic acids is 2. The van der Waals surface area contributed by atoms with E-state index in [0.29, 0.717) is 0 Å². The molecule has 176 valence electrons. The van der Waals surface area contributed by atoms with Gasteiger partial charge >= 0.3 is 12.1 Å². The second kappa shape index (κ2) is 12.3. The predicted molar refractivity (Wildman–Crippen MR) is 124 cm³/mol. The molecule has 9 heteroatoms. The monoisotopic (exact) mass is 462 g/mol. The van der Waals surface area contributed by atoms with Crippen LogP contribution in [0.2, 0.25) is 18.1 Å². The molecule has 0 heterocycles. The van der Waals surface area contributed by atoms with Gasteiger partial charge in [0.2, 0.25) is 5.91 Å². The summed E-state index contributed by atoms with van der Waals surface area (Å²) in [6.07, 6.45) is -2.30. The molecule has 0 saturated heterocycles. The highest BCUT2D eigenvalue weighted by atomic mass is 28.3. The van der Waals surface area contributed by atoms with Crippen LogP contribution in [0.4, 0.5) is 4.79 Å². The Morgan fingerprint density at radius 2 is 1.78 bits per heavy atom. The standard InChI is InChI=1S/C23H34N2O6Si/c1-23(2,3)32(4,5)13-9-12-19(21(28)29)25-20(27)14-18(26)15-24-22(30)31-16-17-10-7-6-8-11-17/h6-8,10-11,18-19,26H,12,14-16H2,1-5H3,(H,24,30)(H,25,27)(H,28,29)/t18-,19+/m0/s1. The molecule has 4 N–H and O–H groups in total. The number of aliphatic hydroxyl groups is 1. The van der Waals surface area contributed by atoms with Gasteiger partial charge in [-0.2, -0.15) is 0 Å². The molecule has 8 nitrogen and oxygen atoms in total. The Labute approximate surface area is 190 Å². The van der Waals surface area contributed by atoms with Crippen molar-refractivity contribution in [1.29, 1.82) is 0 Å². The number of hydrogen-bond acceptors (Lipinski definition) is 5. The summed E-state index contributed by atoms with van der Waals surface area (Å²) in [4.78, 5) is 35.3. The lowest BCUT2D eigenvalue weighted by Gasteiger charge is -2.31. The highest BCUT2D eigenvalue weighted by Gasteiger charge is 2.33. The van der Waals surface area contributed by atoms with Crippen molar-refractivity contribution in [2.45, 2.75) is 70.5 Å². The van der Waals surface area contributed by atoms with Crippen LogP contribution < -0.4 is 10.6 Å². The summed E-state index contributed by atoms with van der Waals surface area (Å²) in [6, 6.07) is 7.94. The summed E-state index contributed by atoms with van der Waals surface area (Å²) >= 11 is 0. The topological polar surface area (TPSA) is 125 Å². The number of aliphatic carboxylic acids is 1. The second-order valence-electron chi connectivity index (χ2n) is 9.14. The van der Waals surface area contributed by atoms with Crippen LogP contribution in [0.5, 0.6) is 0 Å². The molecular formula is C23H34N2O6Si. The van der Waals surface area contributed by atoms with Crippen molar-refractivity contribution >= 4 is 26.0 Å². The Hall–Kier alpha value is -2.83. The van der Waals surface area contributed by atoms with Gasteiger partial charge in [-0.05, 0) is 10.6 Å². The lowest BCUT2D eigenvalue weighted by Crippen LogP contribution is -2.43. The highest BCUT2D eigenvalue weighted by Crippen LogP contribution is 2.35. The van der Waals surface area contributed by atoms with E-state index in [9.17, 15) is 24.6 Å². The van der Waals surface area contributed by atoms with Crippen LogP contribution in [0.1, 0.15) is 39.2 Å². The molecular weight excluding hydrogens is 428 g/mol. The molecule has 0 aliphatic heterocycles. The fourth-order valence-electron chi connectivity index (χ4n) is 2.28. The number of carbonyl (C=O) groups is 3. The first-order chi connectivity index (χ1) is 14.8. The van der Waals surface area contributed by atoms with E-state index < -0.39 is 38.2 Å². The molecule has 0 aromatic heterocycles. The molecule has 0 aliphatic carbocycles. The van der Waals surface area contributed by atoms with Gasteiger partial charge in [0.25, 0.3) is 0 Å². The van der Waals surface area contributed by atoms with Crippen LogP contribution in [0.25, 0.3) is 0 Å². The Morgan fingerprint density at radius 3 is 2.34 bits per heavy atom. The third-order valence-electron chi connectivity index (χ3n) is 5.33. The summed E-state index contributed by atoms with van der Waals surface area (Å²) < 4.78 is 5.02. The minimum Gasteiger partial charge on any atom is -0.480 e. The van der Waals surface area contributed by atoms with Crippen molar-refractivity contribution in [3.05, 3.63) is 35.9 Å². The van der Waals surface area contributed by atoms with Crippen LogP contribution >= 0.6 is 0 Å². The van der Waals surface area contributed by atoms with Crippen LogP contribution in [0, 0.1) is 11.5 Å². The zero-order chi connectivity index (χ0) is 24.4. The maximum atomic E-state index is 12.1. The molecule has 1 aromatic rings. The lowest BCUT2D eigenvalue weighted by atomic mass is 10.2. The number of ether oxygens (including phenoxy) is 1. The SMILES string of the molecule is CC(C)(C)[Si](C)(C)C#CC[C@@H](NC(=O)C[C@H](O)CNC(=O)OCc1ccccc1)C(=O)O. The summed E-state index contributed by atoms with van der Waals surface area (Å²) in [5.41, 5.74) is 4.04. The first-order valence-corrected chi connectivity index (χ1v) is 13.5. The van der Waals surface area contributed by atoms with Gasteiger partial charge in [-0.25, -0.2) is 9.59 Å². The zero-order valence-corrected chi connectivity index (χ0v) is 20.4. The van der Waals surface area contributed by atoms with E-state index in [4.69, 9.17) is 4.74 Å². The summed E-state index contributed by atoms with van der Waals surface area (Å²) in [5.74, 6) is 1.09. The molecule has 1 aromatic carbocycles. The number of aliphatic hydroxyl groups excluding tert-OH is 1. The van der Waals surface area contributed by atoms with Crippen molar-refractivity contribution < 1.29 is 29.3 Å². The molecule has 2 amide bonds. The minimum absolute atomic E-state index is 0.0201. The van der Waals surface area contributed by atoms with Gasteiger partial charge in [0, 0.05) is 13.0 Å². The molecule has 0 radical (unpaired) electrons. The third-order valence-corrected chi connectivity index (χ3v) is 9.88. The Balaban J connectivity index is 2.45. The fourth-order valence-corrected chi connectivity index (χ4v) is 3.20. The normalized spacial score (nSPS) is 13.2. The summed E-state index contributed by atoms with van der Waals surface area (Å²) in [7, 11) is -1.88. The summed E-state index contributed by atoms with van der Waals surface area (Å²) in [5, 5.41) is 24.1. The van der Waals surface area contributed by atoms with Crippen LogP contribution in [0.3, 0.4) is 0 Å². The van der Waals surface area contributed by atoms with Gasteiger partial charge in [0.05, 0.1) is 12.5 Å². The molecule has 0 spiro atoms. The number of alkyl carbamates (subject to hydrolysis) is 1. The average molecular weight is 463 g/mol. The second-order valence-corrected chi connectivity index (χ2v) is 14.1. The van der Waals surface area contributed by atoms with Crippen molar-refractivity contribution in [1.82, 2.24) is 10.6 Å². The predicted octanol–water partition coefficient (Wildman–Crippen LogP) is 2.67. The zero-order valence-electron chi connectivity index (χ0n) is 19.4. The lowest BCUT2D eigenvalue weighted by molar-refractivity contribution is -0.142. The van der Waals surface area contributed by atoms with E-state index in [0.717, 1.165) is 5.56 Å². The number of rotatable bonds is 9. The average Bonchev–Trinajstić information content (AvgIpc) is 2.69. The maximum Gasteiger partial charge on any atom is 0.407 e. The van der Waals surface area contributed by atoms with Gasteiger partial charge in [0.1, 0.15) is 20.7 Å². The van der Waals surface area contributed by atoms with Gasteiger partial charge in [-0.3, -0.25) is 4.79 Å². The minimum atomic E-state index is -1.88. The Kier molecular flexibility index (Phi) is 10.4. The first-order valence-electron chi connectivity index (χ1n) is 10.5. The number of benzene rings is 1. The van der Waals surface area contributed by atoms with Gasteiger partial charge < -0.3 is 25.6 Å². The molecule has 1 rings (SSSR count). The quantitative estimate of drug-likeness (QED) is 0.330. The van der Waals surface area contributed by atoms with E-state index in [1.807, 2.05) is 30.3 Å². The van der Waals surface area contributed by atoms with E-state index in [2.05, 4.69) is 56.0 Å². The summed E-state index contributed by atoms with van der Waals surface area (Å²) in [6.45, 7) is 10.4. The van der Waals surface area contributed by atoms with E-state index in [1.165, 1.54) is 0 Å². The van der Waals surface area contributed by atoms with E-state index >= 15 is 0 Å². The number of hydrogen-bond donors (Lipinski definition) is 4. The van der Waals surface area contributed by atoms with Gasteiger partial charge in [-0.1, -0.05) is 64.2 Å². The molecule has 0 bridgehead atoms. The molecule has 0 unspecified atom stereocenters. The van der Waals surface area contributed by atoms with Crippen molar-refractivity contribution in [2.24, 2.45) is 0 Å². The Bertz CT molecular complexity index is 840. The molecule has 32 heavy (non-hydrogen) atoms. The van der Waals surface area contributed by atoms with Gasteiger partial charge in [-0.15, -0.1) is 11.5 Å². The largest absolute Gasteiger partial charge is 0.480 e. The van der Waals surface area contributed by atoms with Crippen molar-refractivity contribution in [3.8, 4) is 11.5 Å². The third kappa shape index (κ3) is 9.98. The van der Waals surface area contributed by atoms with Gasteiger partial charge in [0.15, 0.2) is 0 Å². The molecule has 0 saturated carbocycles. The Morgan fingerprint density at radius 1 is 1.16 bits per heavy atom. The van der Waals surface area contributed by atoms with E-state index in [-0.39, 0.29) is 31.0 Å². The molecule has 0 aliphatic rings. The van der Waals surface area contributed by atoms with Crippen LogP contribution in [-0.2, 0) is 20.9 Å². The molecule has 0 fully saturated rings. The van der Waals surface area contributed by atoms with Crippen molar-refractivity contribution in [3.63, 3.8) is 0 Å². The number of carboxylic acids is 1. The smallest absolute Gasteiger partial charge is 0.407 e. The number of carboxylic acid groups (broad SMARTS) is 1. The highest BCUT2D eigenvalue weighted by molar-refractivity contribution is 6.87. The van der Waals surface area contributed by atoms with Crippen LogP contribution in [0.15, 0.2) is 30.3 Å². The number of amides is 2. The van der Waals surface area contributed by atoms with E-state index in [1.54, 1.807) is 0 Å². The maximum absolute atomic E-state index is 12.1. The molecule has 2 atom stereocenters. The van der Waals surface area contributed by atoms with Crippen LogP contribution in [-0.4, -0.2) is 54.9 Å². The fraction of sp³-hybridized carbons (Fsp3) is 0.522. The first kappa shape index (κ1) is 27.2. The van der Waals surface area contributed by atoms with Crippen molar-refractivity contribution in [2.75, 3.05) is 6.54 Å². The number of nitrogens with one attached hydrogen (secondary N) is 2.